The minimum absolute atomic E-state index is 0.859. The SMILES string of the molecule is c1ccc(-c2ccc(N(c3cccc4c3oc3ccccc34)c3cncc4sc5cc6ccccc6cc5c34)cc2)cc1. The van der Waals surface area contributed by atoms with Gasteiger partial charge in [0.25, 0.3) is 0 Å². The monoisotopic (exact) mass is 568 g/mol. The molecule has 0 radical (unpaired) electrons. The molecular formula is C39H24N2OS. The molecule has 0 saturated carbocycles. The average molecular weight is 569 g/mol. The summed E-state index contributed by atoms with van der Waals surface area (Å²) in [5.74, 6) is 0. The van der Waals surface area contributed by atoms with E-state index in [1.165, 1.54) is 37.4 Å². The highest BCUT2D eigenvalue weighted by atomic mass is 32.1. The van der Waals surface area contributed by atoms with Crippen molar-refractivity contribution in [2.24, 2.45) is 0 Å². The van der Waals surface area contributed by atoms with E-state index in [1.54, 1.807) is 11.3 Å². The molecule has 4 heteroatoms. The Bertz CT molecular complexity index is 2460. The molecule has 0 amide bonds. The summed E-state index contributed by atoms with van der Waals surface area (Å²) in [6.45, 7) is 0. The minimum atomic E-state index is 0.859. The third kappa shape index (κ3) is 3.84. The van der Waals surface area contributed by atoms with Gasteiger partial charge in [0.2, 0.25) is 0 Å². The zero-order chi connectivity index (χ0) is 28.3. The number of hydrogen-bond donors (Lipinski definition) is 0. The molecule has 0 aliphatic rings. The molecule has 6 aromatic carbocycles. The summed E-state index contributed by atoms with van der Waals surface area (Å²) in [6.07, 6.45) is 3.99. The number of benzene rings is 6. The number of furan rings is 1. The average Bonchev–Trinajstić information content (AvgIpc) is 3.63. The van der Waals surface area contributed by atoms with Gasteiger partial charge in [-0.3, -0.25) is 4.98 Å². The smallest absolute Gasteiger partial charge is 0.159 e. The maximum absolute atomic E-state index is 6.58. The zero-order valence-corrected chi connectivity index (χ0v) is 23.9. The van der Waals surface area contributed by atoms with Gasteiger partial charge in [0.1, 0.15) is 5.58 Å². The van der Waals surface area contributed by atoms with E-state index in [1.807, 2.05) is 24.5 Å². The highest BCUT2D eigenvalue weighted by Crippen LogP contribution is 2.47. The number of para-hydroxylation sites is 2. The van der Waals surface area contributed by atoms with Crippen molar-refractivity contribution < 1.29 is 4.42 Å². The quantitative estimate of drug-likeness (QED) is 0.211. The molecule has 202 valence electrons. The van der Waals surface area contributed by atoms with Gasteiger partial charge in [-0.2, -0.15) is 0 Å². The summed E-state index contributed by atoms with van der Waals surface area (Å²) in [5.41, 5.74) is 7.16. The number of aromatic nitrogens is 1. The van der Waals surface area contributed by atoms with E-state index in [9.17, 15) is 0 Å². The fourth-order valence-electron chi connectivity index (χ4n) is 6.32. The molecule has 0 spiro atoms. The van der Waals surface area contributed by atoms with Gasteiger partial charge < -0.3 is 9.32 Å². The zero-order valence-electron chi connectivity index (χ0n) is 23.1. The fraction of sp³-hybridized carbons (Fsp3) is 0. The Balaban J connectivity index is 1.34. The first-order chi connectivity index (χ1) is 21.3. The Morgan fingerprint density at radius 2 is 1.26 bits per heavy atom. The van der Waals surface area contributed by atoms with Crippen LogP contribution in [0.2, 0.25) is 0 Å². The Labute approximate surface area is 251 Å². The lowest BCUT2D eigenvalue weighted by molar-refractivity contribution is 0.669. The molecule has 9 rings (SSSR count). The van der Waals surface area contributed by atoms with Gasteiger partial charge in [-0.15, -0.1) is 11.3 Å². The lowest BCUT2D eigenvalue weighted by atomic mass is 10.0. The first-order valence-corrected chi connectivity index (χ1v) is 15.2. The van der Waals surface area contributed by atoms with Crippen LogP contribution in [0, 0.1) is 0 Å². The van der Waals surface area contributed by atoms with Crippen LogP contribution in [0.1, 0.15) is 0 Å². The standard InChI is InChI=1S/C39H24N2OS/c1-2-9-25(10-3-1)26-17-19-29(20-18-26)41(33-15-8-14-31-30-13-6-7-16-35(30)42-39(31)33)34-23-40-24-37-38(34)32-21-27-11-4-5-12-28(27)22-36(32)43-37/h1-24H. The summed E-state index contributed by atoms with van der Waals surface area (Å²) < 4.78 is 8.99. The maximum Gasteiger partial charge on any atom is 0.159 e. The maximum atomic E-state index is 6.58. The van der Waals surface area contributed by atoms with Crippen LogP contribution >= 0.6 is 11.3 Å². The van der Waals surface area contributed by atoms with E-state index < -0.39 is 0 Å². The van der Waals surface area contributed by atoms with Crippen LogP contribution in [0.25, 0.3) is 64.0 Å². The number of fused-ring (bicyclic) bond motifs is 7. The van der Waals surface area contributed by atoms with Crippen molar-refractivity contribution in [2.45, 2.75) is 0 Å². The number of anilines is 3. The molecule has 3 heterocycles. The molecule has 9 aromatic rings. The van der Waals surface area contributed by atoms with Crippen molar-refractivity contribution in [3.63, 3.8) is 0 Å². The summed E-state index contributed by atoms with van der Waals surface area (Å²) in [5, 5.41) is 7.12. The number of pyridine rings is 1. The van der Waals surface area contributed by atoms with Crippen molar-refractivity contribution >= 4 is 81.3 Å². The molecule has 43 heavy (non-hydrogen) atoms. The predicted molar refractivity (Wildman–Crippen MR) is 182 cm³/mol. The normalized spacial score (nSPS) is 11.7. The second kappa shape index (κ2) is 9.55. The minimum Gasteiger partial charge on any atom is -0.454 e. The molecule has 0 saturated heterocycles. The van der Waals surface area contributed by atoms with E-state index in [0.717, 1.165) is 43.7 Å². The first-order valence-electron chi connectivity index (χ1n) is 14.4. The van der Waals surface area contributed by atoms with Crippen molar-refractivity contribution in [3.05, 3.63) is 146 Å². The molecule has 0 bridgehead atoms. The van der Waals surface area contributed by atoms with Gasteiger partial charge in [-0.25, -0.2) is 0 Å². The van der Waals surface area contributed by atoms with Crippen LogP contribution < -0.4 is 4.90 Å². The van der Waals surface area contributed by atoms with Crippen molar-refractivity contribution in [3.8, 4) is 11.1 Å². The van der Waals surface area contributed by atoms with Gasteiger partial charge in [-0.05, 0) is 58.3 Å². The van der Waals surface area contributed by atoms with Gasteiger partial charge >= 0.3 is 0 Å². The van der Waals surface area contributed by atoms with Crippen LogP contribution in [0.5, 0.6) is 0 Å². The van der Waals surface area contributed by atoms with Crippen LogP contribution in [-0.2, 0) is 0 Å². The summed E-state index contributed by atoms with van der Waals surface area (Å²) in [7, 11) is 0. The topological polar surface area (TPSA) is 29.3 Å². The second-order valence-electron chi connectivity index (χ2n) is 10.8. The lowest BCUT2D eigenvalue weighted by Crippen LogP contribution is -2.11. The molecule has 0 aliphatic heterocycles. The van der Waals surface area contributed by atoms with Crippen LogP contribution in [0.4, 0.5) is 17.1 Å². The molecule has 3 nitrogen and oxygen atoms in total. The van der Waals surface area contributed by atoms with E-state index in [0.29, 0.717) is 0 Å². The van der Waals surface area contributed by atoms with E-state index in [2.05, 4.69) is 126 Å². The lowest BCUT2D eigenvalue weighted by Gasteiger charge is -2.26. The number of rotatable bonds is 4. The largest absolute Gasteiger partial charge is 0.454 e. The predicted octanol–water partition coefficient (Wildman–Crippen LogP) is 11.6. The molecule has 3 aromatic heterocycles. The molecule has 0 aliphatic carbocycles. The summed E-state index contributed by atoms with van der Waals surface area (Å²) in [6, 6.07) is 47.2. The Kier molecular flexibility index (Phi) is 5.37. The third-order valence-corrected chi connectivity index (χ3v) is 9.41. The van der Waals surface area contributed by atoms with Crippen LogP contribution in [0.3, 0.4) is 0 Å². The highest BCUT2D eigenvalue weighted by molar-refractivity contribution is 7.26. The Hall–Kier alpha value is -5.45. The van der Waals surface area contributed by atoms with Crippen LogP contribution in [0.15, 0.2) is 150 Å². The second-order valence-corrected chi connectivity index (χ2v) is 11.9. The Morgan fingerprint density at radius 1 is 0.535 bits per heavy atom. The van der Waals surface area contributed by atoms with Gasteiger partial charge in [-0.1, -0.05) is 97.1 Å². The van der Waals surface area contributed by atoms with Crippen molar-refractivity contribution in [2.75, 3.05) is 4.90 Å². The van der Waals surface area contributed by atoms with Gasteiger partial charge in [0, 0.05) is 38.1 Å². The number of thiophene rings is 1. The van der Waals surface area contributed by atoms with Gasteiger partial charge in [0.15, 0.2) is 5.58 Å². The third-order valence-electron chi connectivity index (χ3n) is 8.33. The summed E-state index contributed by atoms with van der Waals surface area (Å²) >= 11 is 1.79. The summed E-state index contributed by atoms with van der Waals surface area (Å²) in [4.78, 5) is 7.09. The molecule has 0 atom stereocenters. The first kappa shape index (κ1) is 24.2. The van der Waals surface area contributed by atoms with Crippen LogP contribution in [-0.4, -0.2) is 4.98 Å². The van der Waals surface area contributed by atoms with Crippen molar-refractivity contribution in [1.29, 1.82) is 0 Å². The van der Waals surface area contributed by atoms with E-state index in [-0.39, 0.29) is 0 Å². The van der Waals surface area contributed by atoms with Crippen molar-refractivity contribution in [1.82, 2.24) is 4.98 Å². The van der Waals surface area contributed by atoms with E-state index >= 15 is 0 Å². The molecule has 0 N–H and O–H groups in total. The fourth-order valence-corrected chi connectivity index (χ4v) is 7.44. The molecule has 0 unspecified atom stereocenters. The molecule has 0 fully saturated rings. The van der Waals surface area contributed by atoms with E-state index in [4.69, 9.17) is 9.40 Å². The Morgan fingerprint density at radius 3 is 2.12 bits per heavy atom. The highest BCUT2D eigenvalue weighted by Gasteiger charge is 2.23. The number of hydrogen-bond acceptors (Lipinski definition) is 4. The number of nitrogens with zero attached hydrogens (tertiary/aromatic N) is 2. The van der Waals surface area contributed by atoms with Gasteiger partial charge in [0.05, 0.1) is 22.3 Å². The molecular weight excluding hydrogens is 545 g/mol.